The zero-order valence-corrected chi connectivity index (χ0v) is 13.1. The second kappa shape index (κ2) is 7.43. The van der Waals surface area contributed by atoms with Crippen LogP contribution in [-0.4, -0.2) is 43.8 Å². The summed E-state index contributed by atoms with van der Waals surface area (Å²) in [6.07, 6.45) is 0.907. The number of carbonyl (C=O) groups is 1. The molecule has 2 amide bonds. The number of anilines is 1. The van der Waals surface area contributed by atoms with E-state index >= 15 is 0 Å². The molecule has 2 atom stereocenters. The molecule has 116 valence electrons. The molecule has 1 aromatic rings. The van der Waals surface area contributed by atoms with E-state index in [1.54, 1.807) is 0 Å². The highest BCUT2D eigenvalue weighted by atomic mass is 16.5. The minimum Gasteiger partial charge on any atom is -0.377 e. The highest BCUT2D eigenvalue weighted by Crippen LogP contribution is 2.18. The zero-order chi connectivity index (χ0) is 15.2. The quantitative estimate of drug-likeness (QED) is 0.896. The first kappa shape index (κ1) is 15.8. The van der Waals surface area contributed by atoms with Crippen LogP contribution in [0.1, 0.15) is 31.9 Å². The van der Waals surface area contributed by atoms with Crippen molar-refractivity contribution in [3.8, 4) is 0 Å². The van der Waals surface area contributed by atoms with Gasteiger partial charge in [-0.3, -0.25) is 0 Å². The van der Waals surface area contributed by atoms with Gasteiger partial charge in [-0.05, 0) is 38.1 Å². The Balaban J connectivity index is 2.05. The van der Waals surface area contributed by atoms with Crippen LogP contribution in [0.2, 0.25) is 0 Å². The van der Waals surface area contributed by atoms with Gasteiger partial charge in [-0.25, -0.2) is 4.79 Å². The van der Waals surface area contributed by atoms with E-state index in [4.69, 9.17) is 4.74 Å². The number of nitrogens with zero attached hydrogens (tertiary/aromatic N) is 1. The van der Waals surface area contributed by atoms with E-state index in [9.17, 15) is 4.79 Å². The molecule has 0 aliphatic carbocycles. The van der Waals surface area contributed by atoms with Crippen molar-refractivity contribution in [3.05, 3.63) is 29.8 Å². The number of morpholine rings is 1. The van der Waals surface area contributed by atoms with Gasteiger partial charge in [-0.2, -0.15) is 0 Å². The lowest BCUT2D eigenvalue weighted by atomic mass is 10.1. The Labute approximate surface area is 126 Å². The van der Waals surface area contributed by atoms with Crippen LogP contribution in [0, 0.1) is 0 Å². The average Bonchev–Trinajstić information content (AvgIpc) is 2.54. The molecule has 1 aliphatic rings. The minimum atomic E-state index is -0.0422. The Morgan fingerprint density at radius 1 is 1.52 bits per heavy atom. The predicted octanol–water partition coefficient (Wildman–Crippen LogP) is 2.61. The molecule has 2 N–H and O–H groups in total. The number of urea groups is 1. The van der Waals surface area contributed by atoms with Crippen molar-refractivity contribution < 1.29 is 9.53 Å². The average molecular weight is 291 g/mol. The second-order valence-corrected chi connectivity index (χ2v) is 5.40. The molecule has 1 aromatic carbocycles. The van der Waals surface area contributed by atoms with E-state index < -0.39 is 0 Å². The van der Waals surface area contributed by atoms with E-state index in [2.05, 4.69) is 30.5 Å². The van der Waals surface area contributed by atoms with Crippen LogP contribution < -0.4 is 10.6 Å². The lowest BCUT2D eigenvalue weighted by molar-refractivity contribution is 0.0144. The van der Waals surface area contributed by atoms with Gasteiger partial charge in [0.1, 0.15) is 0 Å². The molecule has 5 heteroatoms. The van der Waals surface area contributed by atoms with Crippen LogP contribution in [-0.2, 0) is 4.74 Å². The van der Waals surface area contributed by atoms with Crippen molar-refractivity contribution in [2.45, 2.75) is 32.4 Å². The Kier molecular flexibility index (Phi) is 5.59. The topological polar surface area (TPSA) is 53.6 Å². The molecule has 1 saturated heterocycles. The number of rotatable bonds is 4. The Morgan fingerprint density at radius 3 is 3.05 bits per heavy atom. The Hall–Kier alpha value is -1.59. The van der Waals surface area contributed by atoms with Gasteiger partial charge in [0.25, 0.3) is 0 Å². The molecule has 1 heterocycles. The van der Waals surface area contributed by atoms with Crippen molar-refractivity contribution in [1.82, 2.24) is 10.2 Å². The molecule has 0 saturated carbocycles. The van der Waals surface area contributed by atoms with Gasteiger partial charge in [0.15, 0.2) is 0 Å². The summed E-state index contributed by atoms with van der Waals surface area (Å²) in [6.45, 7) is 6.06. The summed E-state index contributed by atoms with van der Waals surface area (Å²) in [5, 5.41) is 6.20. The van der Waals surface area contributed by atoms with E-state index in [0.29, 0.717) is 19.8 Å². The standard InChI is InChI=1S/C16H25N3O2/c1-4-15-11-21-9-8-19(15)16(20)18-14-7-5-6-13(10-14)12(2)17-3/h5-7,10,12,15,17H,4,8-9,11H2,1-3H3,(H,18,20). The number of amides is 2. The molecule has 2 unspecified atom stereocenters. The van der Waals surface area contributed by atoms with Gasteiger partial charge in [0, 0.05) is 18.3 Å². The fourth-order valence-electron chi connectivity index (χ4n) is 2.51. The van der Waals surface area contributed by atoms with Gasteiger partial charge in [-0.1, -0.05) is 19.1 Å². The number of hydrogen-bond acceptors (Lipinski definition) is 3. The smallest absolute Gasteiger partial charge is 0.322 e. The van der Waals surface area contributed by atoms with Gasteiger partial charge in [-0.15, -0.1) is 0 Å². The van der Waals surface area contributed by atoms with E-state index in [1.165, 1.54) is 0 Å². The summed E-state index contributed by atoms with van der Waals surface area (Å²) in [5.41, 5.74) is 1.99. The Bertz CT molecular complexity index is 478. The van der Waals surface area contributed by atoms with E-state index in [0.717, 1.165) is 17.7 Å². The first-order valence-corrected chi connectivity index (χ1v) is 7.58. The molecule has 0 aromatic heterocycles. The monoisotopic (exact) mass is 291 g/mol. The van der Waals surface area contributed by atoms with E-state index in [-0.39, 0.29) is 18.1 Å². The number of ether oxygens (including phenoxy) is 1. The fraction of sp³-hybridized carbons (Fsp3) is 0.562. The first-order valence-electron chi connectivity index (χ1n) is 7.58. The third-order valence-electron chi connectivity index (χ3n) is 4.03. The second-order valence-electron chi connectivity index (χ2n) is 5.40. The number of nitrogens with one attached hydrogen (secondary N) is 2. The molecule has 0 radical (unpaired) electrons. The molecule has 2 rings (SSSR count). The van der Waals surface area contributed by atoms with Crippen molar-refractivity contribution in [3.63, 3.8) is 0 Å². The third-order valence-corrected chi connectivity index (χ3v) is 4.03. The van der Waals surface area contributed by atoms with Crippen LogP contribution in [0.25, 0.3) is 0 Å². The lowest BCUT2D eigenvalue weighted by Crippen LogP contribution is -2.50. The molecule has 0 bridgehead atoms. The molecule has 1 aliphatic heterocycles. The largest absolute Gasteiger partial charge is 0.377 e. The third kappa shape index (κ3) is 3.95. The van der Waals surface area contributed by atoms with Crippen LogP contribution in [0.5, 0.6) is 0 Å². The van der Waals surface area contributed by atoms with Gasteiger partial charge in [0.05, 0.1) is 19.3 Å². The molecular formula is C16H25N3O2. The first-order chi connectivity index (χ1) is 10.2. The summed E-state index contributed by atoms with van der Waals surface area (Å²) >= 11 is 0. The number of hydrogen-bond donors (Lipinski definition) is 2. The number of carbonyl (C=O) groups excluding carboxylic acids is 1. The summed E-state index contributed by atoms with van der Waals surface area (Å²) < 4.78 is 5.44. The highest BCUT2D eigenvalue weighted by molar-refractivity contribution is 5.89. The number of benzene rings is 1. The van der Waals surface area contributed by atoms with Crippen LogP contribution in [0.15, 0.2) is 24.3 Å². The molecule has 1 fully saturated rings. The summed E-state index contributed by atoms with van der Waals surface area (Å²) in [6, 6.07) is 8.34. The summed E-state index contributed by atoms with van der Waals surface area (Å²) in [5.74, 6) is 0. The van der Waals surface area contributed by atoms with Gasteiger partial charge < -0.3 is 20.3 Å². The molecule has 5 nitrogen and oxygen atoms in total. The highest BCUT2D eigenvalue weighted by Gasteiger charge is 2.25. The van der Waals surface area contributed by atoms with Crippen molar-refractivity contribution in [2.24, 2.45) is 0 Å². The minimum absolute atomic E-state index is 0.0422. The fourth-order valence-corrected chi connectivity index (χ4v) is 2.51. The van der Waals surface area contributed by atoms with Crippen LogP contribution >= 0.6 is 0 Å². The van der Waals surface area contributed by atoms with Crippen molar-refractivity contribution in [1.29, 1.82) is 0 Å². The summed E-state index contributed by atoms with van der Waals surface area (Å²) in [7, 11) is 1.93. The van der Waals surface area contributed by atoms with E-state index in [1.807, 2.05) is 30.1 Å². The van der Waals surface area contributed by atoms with Crippen molar-refractivity contribution in [2.75, 3.05) is 32.1 Å². The molecule has 0 spiro atoms. The van der Waals surface area contributed by atoms with Crippen LogP contribution in [0.3, 0.4) is 0 Å². The zero-order valence-electron chi connectivity index (χ0n) is 13.1. The van der Waals surface area contributed by atoms with Crippen molar-refractivity contribution >= 4 is 11.7 Å². The summed E-state index contributed by atoms with van der Waals surface area (Å²) in [4.78, 5) is 14.3. The lowest BCUT2D eigenvalue weighted by Gasteiger charge is -2.35. The molecule has 21 heavy (non-hydrogen) atoms. The van der Waals surface area contributed by atoms with Crippen LogP contribution in [0.4, 0.5) is 10.5 Å². The molecular weight excluding hydrogens is 266 g/mol. The maximum atomic E-state index is 12.4. The van der Waals surface area contributed by atoms with Gasteiger partial charge >= 0.3 is 6.03 Å². The maximum Gasteiger partial charge on any atom is 0.322 e. The predicted molar refractivity (Wildman–Crippen MR) is 84.5 cm³/mol. The SMILES string of the molecule is CCC1COCCN1C(=O)Nc1cccc(C(C)NC)c1. The Morgan fingerprint density at radius 2 is 2.33 bits per heavy atom. The maximum absolute atomic E-state index is 12.4. The normalized spacial score (nSPS) is 20.1. The van der Waals surface area contributed by atoms with Gasteiger partial charge in [0.2, 0.25) is 0 Å².